The van der Waals surface area contributed by atoms with Crippen molar-refractivity contribution in [2.24, 2.45) is 5.73 Å². The smallest absolute Gasteiger partial charge is 0.0338 e. The topological polar surface area (TPSA) is 38.0 Å². The zero-order valence-electron chi connectivity index (χ0n) is 7.65. The molecule has 0 aromatic carbocycles. The average molecular weight is 154 g/mol. The standard InChI is InChI=1S/C9H18N2/c1-5-9(8(4)6-10)11-7(2)3/h5,7,11H,4,6,10H2,1-3H3/b9-5+. The molecule has 2 heteroatoms. The van der Waals surface area contributed by atoms with Crippen LogP contribution in [0.3, 0.4) is 0 Å². The molecule has 0 radical (unpaired) electrons. The molecule has 0 saturated carbocycles. The lowest BCUT2D eigenvalue weighted by molar-refractivity contribution is 0.671. The van der Waals surface area contributed by atoms with Crippen LogP contribution < -0.4 is 11.1 Å². The van der Waals surface area contributed by atoms with Crippen molar-refractivity contribution in [1.29, 1.82) is 0 Å². The number of allylic oxidation sites excluding steroid dienone is 1. The van der Waals surface area contributed by atoms with Gasteiger partial charge in [0.25, 0.3) is 0 Å². The lowest BCUT2D eigenvalue weighted by atomic mass is 10.2. The van der Waals surface area contributed by atoms with Crippen LogP contribution in [0.25, 0.3) is 0 Å². The first-order chi connectivity index (χ1) is 5.11. The second kappa shape index (κ2) is 4.97. The van der Waals surface area contributed by atoms with Gasteiger partial charge in [-0.05, 0) is 26.3 Å². The maximum Gasteiger partial charge on any atom is 0.0338 e. The molecule has 0 atom stereocenters. The van der Waals surface area contributed by atoms with Crippen LogP contribution in [0.5, 0.6) is 0 Å². The van der Waals surface area contributed by atoms with E-state index >= 15 is 0 Å². The minimum absolute atomic E-state index is 0.435. The quantitative estimate of drug-likeness (QED) is 0.601. The zero-order valence-corrected chi connectivity index (χ0v) is 7.65. The molecule has 0 heterocycles. The van der Waals surface area contributed by atoms with E-state index in [0.29, 0.717) is 12.6 Å². The van der Waals surface area contributed by atoms with Crippen LogP contribution in [0.15, 0.2) is 23.9 Å². The van der Waals surface area contributed by atoms with E-state index in [1.165, 1.54) is 0 Å². The molecule has 0 aliphatic carbocycles. The third-order valence-electron chi connectivity index (χ3n) is 1.36. The zero-order chi connectivity index (χ0) is 8.85. The highest BCUT2D eigenvalue weighted by atomic mass is 14.9. The summed E-state index contributed by atoms with van der Waals surface area (Å²) in [4.78, 5) is 0. The molecule has 0 amide bonds. The summed E-state index contributed by atoms with van der Waals surface area (Å²) >= 11 is 0. The molecule has 0 aliphatic heterocycles. The summed E-state index contributed by atoms with van der Waals surface area (Å²) < 4.78 is 0. The van der Waals surface area contributed by atoms with Crippen molar-refractivity contribution in [2.45, 2.75) is 26.8 Å². The molecule has 0 fully saturated rings. The van der Waals surface area contributed by atoms with Gasteiger partial charge in [-0.25, -0.2) is 0 Å². The van der Waals surface area contributed by atoms with E-state index in [0.717, 1.165) is 11.3 Å². The first-order valence-corrected chi connectivity index (χ1v) is 3.92. The number of nitrogens with one attached hydrogen (secondary N) is 1. The van der Waals surface area contributed by atoms with Gasteiger partial charge >= 0.3 is 0 Å². The highest BCUT2D eigenvalue weighted by Gasteiger charge is 1.99. The van der Waals surface area contributed by atoms with Gasteiger partial charge in [0, 0.05) is 18.3 Å². The van der Waals surface area contributed by atoms with Crippen molar-refractivity contribution in [3.05, 3.63) is 23.9 Å². The van der Waals surface area contributed by atoms with Crippen molar-refractivity contribution in [2.75, 3.05) is 6.54 Å². The molecular weight excluding hydrogens is 136 g/mol. The predicted molar refractivity (Wildman–Crippen MR) is 50.2 cm³/mol. The lowest BCUT2D eigenvalue weighted by Gasteiger charge is -2.14. The maximum atomic E-state index is 5.44. The molecule has 64 valence electrons. The Labute approximate surface area is 69.2 Å². The molecule has 2 nitrogen and oxygen atoms in total. The van der Waals surface area contributed by atoms with E-state index < -0.39 is 0 Å². The molecule has 0 spiro atoms. The van der Waals surface area contributed by atoms with Crippen LogP contribution in [0, 0.1) is 0 Å². The Bertz CT molecular complexity index is 157. The predicted octanol–water partition coefficient (Wildman–Crippen LogP) is 1.40. The van der Waals surface area contributed by atoms with E-state index in [2.05, 4.69) is 25.7 Å². The third kappa shape index (κ3) is 3.83. The largest absolute Gasteiger partial charge is 0.383 e. The number of nitrogens with two attached hydrogens (primary N) is 1. The summed E-state index contributed by atoms with van der Waals surface area (Å²) in [7, 11) is 0. The monoisotopic (exact) mass is 154 g/mol. The average Bonchev–Trinajstić information content (AvgIpc) is 1.98. The molecule has 0 aromatic rings. The van der Waals surface area contributed by atoms with E-state index in [-0.39, 0.29) is 0 Å². The fourth-order valence-corrected chi connectivity index (χ4v) is 0.810. The van der Waals surface area contributed by atoms with E-state index in [1.54, 1.807) is 0 Å². The number of hydrogen-bond acceptors (Lipinski definition) is 2. The Hall–Kier alpha value is -0.760. The van der Waals surface area contributed by atoms with Crippen molar-refractivity contribution < 1.29 is 0 Å². The van der Waals surface area contributed by atoms with Crippen LogP contribution in [0.1, 0.15) is 20.8 Å². The summed E-state index contributed by atoms with van der Waals surface area (Å²) in [5.41, 5.74) is 7.46. The van der Waals surface area contributed by atoms with Crippen molar-refractivity contribution >= 4 is 0 Å². The highest BCUT2D eigenvalue weighted by molar-refractivity contribution is 5.27. The lowest BCUT2D eigenvalue weighted by Crippen LogP contribution is -2.24. The Morgan fingerprint density at radius 3 is 2.45 bits per heavy atom. The summed E-state index contributed by atoms with van der Waals surface area (Å²) in [5, 5.41) is 3.26. The van der Waals surface area contributed by atoms with Crippen LogP contribution in [0.4, 0.5) is 0 Å². The third-order valence-corrected chi connectivity index (χ3v) is 1.36. The highest BCUT2D eigenvalue weighted by Crippen LogP contribution is 2.02. The fraction of sp³-hybridized carbons (Fsp3) is 0.556. The Morgan fingerprint density at radius 1 is 1.64 bits per heavy atom. The van der Waals surface area contributed by atoms with Gasteiger partial charge in [-0.1, -0.05) is 12.7 Å². The van der Waals surface area contributed by atoms with Crippen molar-refractivity contribution in [3.8, 4) is 0 Å². The van der Waals surface area contributed by atoms with Crippen LogP contribution in [0.2, 0.25) is 0 Å². The molecule has 0 aromatic heterocycles. The van der Waals surface area contributed by atoms with Gasteiger partial charge in [0.2, 0.25) is 0 Å². The molecular formula is C9H18N2. The first kappa shape index (κ1) is 10.2. The molecule has 0 bridgehead atoms. The Kier molecular flexibility index (Phi) is 4.62. The Balaban J connectivity index is 4.09. The number of hydrogen-bond donors (Lipinski definition) is 2. The van der Waals surface area contributed by atoms with Crippen LogP contribution in [-0.2, 0) is 0 Å². The molecule has 0 unspecified atom stereocenters. The van der Waals surface area contributed by atoms with E-state index in [9.17, 15) is 0 Å². The summed E-state index contributed by atoms with van der Waals surface area (Å²) in [6.45, 7) is 10.5. The minimum atomic E-state index is 0.435. The second-order valence-electron chi connectivity index (χ2n) is 2.81. The summed E-state index contributed by atoms with van der Waals surface area (Å²) in [6, 6.07) is 0.435. The van der Waals surface area contributed by atoms with Crippen LogP contribution >= 0.6 is 0 Å². The fourth-order valence-electron chi connectivity index (χ4n) is 0.810. The van der Waals surface area contributed by atoms with Gasteiger partial charge in [0.1, 0.15) is 0 Å². The molecule has 0 saturated heterocycles. The maximum absolute atomic E-state index is 5.44. The van der Waals surface area contributed by atoms with Gasteiger partial charge in [-0.2, -0.15) is 0 Å². The van der Waals surface area contributed by atoms with Gasteiger partial charge in [-0.15, -0.1) is 0 Å². The van der Waals surface area contributed by atoms with Gasteiger partial charge in [0.05, 0.1) is 0 Å². The second-order valence-corrected chi connectivity index (χ2v) is 2.81. The number of rotatable bonds is 4. The SMILES string of the molecule is C=C(CN)/C(=C\C)NC(C)C. The van der Waals surface area contributed by atoms with Crippen LogP contribution in [-0.4, -0.2) is 12.6 Å². The van der Waals surface area contributed by atoms with Crippen molar-refractivity contribution in [3.63, 3.8) is 0 Å². The molecule has 3 N–H and O–H groups in total. The normalized spacial score (nSPS) is 11.9. The molecule has 0 rings (SSSR count). The first-order valence-electron chi connectivity index (χ1n) is 3.92. The molecule has 0 aliphatic rings. The summed E-state index contributed by atoms with van der Waals surface area (Å²) in [6.07, 6.45) is 2.00. The van der Waals surface area contributed by atoms with Gasteiger partial charge in [0.15, 0.2) is 0 Å². The van der Waals surface area contributed by atoms with Gasteiger partial charge in [-0.3, -0.25) is 0 Å². The van der Waals surface area contributed by atoms with E-state index in [1.807, 2.05) is 13.0 Å². The van der Waals surface area contributed by atoms with Crippen molar-refractivity contribution in [1.82, 2.24) is 5.32 Å². The van der Waals surface area contributed by atoms with Gasteiger partial charge < -0.3 is 11.1 Å². The van der Waals surface area contributed by atoms with E-state index in [4.69, 9.17) is 5.73 Å². The minimum Gasteiger partial charge on any atom is -0.383 e. The Morgan fingerprint density at radius 2 is 2.18 bits per heavy atom. The summed E-state index contributed by atoms with van der Waals surface area (Å²) in [5.74, 6) is 0. The molecule has 11 heavy (non-hydrogen) atoms.